The van der Waals surface area contributed by atoms with Crippen LogP contribution in [0.1, 0.15) is 31.2 Å². The van der Waals surface area contributed by atoms with Crippen LogP contribution in [-0.2, 0) is 11.2 Å². The fourth-order valence-corrected chi connectivity index (χ4v) is 3.95. The molecule has 0 radical (unpaired) electrons. The van der Waals surface area contributed by atoms with Crippen molar-refractivity contribution in [3.63, 3.8) is 0 Å². The fraction of sp³-hybridized carbons (Fsp3) is 0.381. The lowest BCUT2D eigenvalue weighted by atomic mass is 9.92. The van der Waals surface area contributed by atoms with E-state index in [0.29, 0.717) is 36.3 Å². The molecule has 0 aromatic heterocycles. The van der Waals surface area contributed by atoms with Gasteiger partial charge in [0.2, 0.25) is 5.91 Å². The number of amides is 1. The molecule has 0 spiro atoms. The van der Waals surface area contributed by atoms with Crippen molar-refractivity contribution >= 4 is 5.91 Å². The summed E-state index contributed by atoms with van der Waals surface area (Å²) in [4.78, 5) is 14.6. The standard InChI is InChI=1S/C21H22FNO2/c22-21-15-6-5-9-18(21)17-8-1-2-10-19(17)25-13-11-20(24)23-12-4-3-7-16(23)14-15/h1-2,5-6,8-10,16H,3-4,7,11-14H2/t16-/m1/s1. The van der Waals surface area contributed by atoms with Gasteiger partial charge in [-0.25, -0.2) is 4.39 Å². The molecule has 4 rings (SSSR count). The van der Waals surface area contributed by atoms with Crippen molar-refractivity contribution in [3.05, 3.63) is 53.8 Å². The third-order valence-corrected chi connectivity index (χ3v) is 5.23. The molecule has 1 amide bonds. The molecule has 0 aliphatic carbocycles. The Morgan fingerprint density at radius 3 is 2.80 bits per heavy atom. The van der Waals surface area contributed by atoms with Crippen molar-refractivity contribution in [2.45, 2.75) is 38.1 Å². The average Bonchev–Trinajstić information content (AvgIpc) is 2.64. The van der Waals surface area contributed by atoms with E-state index < -0.39 is 0 Å². The second-order valence-electron chi connectivity index (χ2n) is 6.81. The monoisotopic (exact) mass is 339 g/mol. The first-order valence-electron chi connectivity index (χ1n) is 9.03. The molecule has 2 heterocycles. The Morgan fingerprint density at radius 2 is 1.88 bits per heavy atom. The van der Waals surface area contributed by atoms with Crippen molar-refractivity contribution in [1.82, 2.24) is 4.90 Å². The quantitative estimate of drug-likeness (QED) is 0.720. The van der Waals surface area contributed by atoms with Gasteiger partial charge in [0.25, 0.3) is 0 Å². The largest absolute Gasteiger partial charge is 0.492 e. The first kappa shape index (κ1) is 16.1. The minimum absolute atomic E-state index is 0.0840. The van der Waals surface area contributed by atoms with Gasteiger partial charge in [0.05, 0.1) is 13.0 Å². The molecule has 0 unspecified atom stereocenters. The van der Waals surface area contributed by atoms with Gasteiger partial charge in [0, 0.05) is 23.7 Å². The van der Waals surface area contributed by atoms with Crippen LogP contribution >= 0.6 is 0 Å². The number of nitrogens with zero attached hydrogens (tertiary/aromatic N) is 1. The van der Waals surface area contributed by atoms with Gasteiger partial charge in [-0.2, -0.15) is 0 Å². The lowest BCUT2D eigenvalue weighted by molar-refractivity contribution is -0.135. The molecule has 2 aliphatic rings. The van der Waals surface area contributed by atoms with Gasteiger partial charge < -0.3 is 9.64 Å². The molecular formula is C21H22FNO2. The molecule has 1 saturated heterocycles. The molecule has 2 aliphatic heterocycles. The smallest absolute Gasteiger partial charge is 0.226 e. The summed E-state index contributed by atoms with van der Waals surface area (Å²) in [5.41, 5.74) is 2.00. The van der Waals surface area contributed by atoms with Gasteiger partial charge in [-0.3, -0.25) is 4.79 Å². The van der Waals surface area contributed by atoms with E-state index in [1.807, 2.05) is 41.3 Å². The molecule has 25 heavy (non-hydrogen) atoms. The number of halogens is 1. The van der Waals surface area contributed by atoms with Crippen LogP contribution in [0.3, 0.4) is 0 Å². The Morgan fingerprint density at radius 1 is 1.04 bits per heavy atom. The lowest BCUT2D eigenvalue weighted by Gasteiger charge is -2.36. The molecule has 2 aromatic carbocycles. The van der Waals surface area contributed by atoms with Crippen molar-refractivity contribution in [2.24, 2.45) is 0 Å². The molecule has 1 atom stereocenters. The highest BCUT2D eigenvalue weighted by atomic mass is 19.1. The summed E-state index contributed by atoms with van der Waals surface area (Å²) in [6.07, 6.45) is 3.99. The van der Waals surface area contributed by atoms with Gasteiger partial charge in [-0.05, 0) is 37.3 Å². The molecular weight excluding hydrogens is 317 g/mol. The van der Waals surface area contributed by atoms with Gasteiger partial charge >= 0.3 is 0 Å². The van der Waals surface area contributed by atoms with E-state index in [2.05, 4.69) is 0 Å². The second kappa shape index (κ2) is 6.87. The number of carbonyl (C=O) groups excluding carboxylic acids is 1. The number of hydrogen-bond donors (Lipinski definition) is 0. The first-order chi connectivity index (χ1) is 12.2. The van der Waals surface area contributed by atoms with E-state index in [1.54, 1.807) is 6.07 Å². The minimum atomic E-state index is -0.197. The Balaban J connectivity index is 1.80. The Labute approximate surface area is 147 Å². The number of para-hydroxylation sites is 1. The Kier molecular flexibility index (Phi) is 4.43. The van der Waals surface area contributed by atoms with E-state index in [-0.39, 0.29) is 17.8 Å². The van der Waals surface area contributed by atoms with Crippen LogP contribution in [0.4, 0.5) is 4.39 Å². The van der Waals surface area contributed by atoms with Gasteiger partial charge in [0.15, 0.2) is 0 Å². The van der Waals surface area contributed by atoms with Crippen LogP contribution in [0.15, 0.2) is 42.5 Å². The van der Waals surface area contributed by atoms with Crippen LogP contribution in [0.25, 0.3) is 11.1 Å². The highest BCUT2D eigenvalue weighted by Gasteiger charge is 2.28. The maximum absolute atomic E-state index is 15.2. The molecule has 0 N–H and O–H groups in total. The third kappa shape index (κ3) is 3.13. The van der Waals surface area contributed by atoms with Crippen molar-refractivity contribution in [3.8, 4) is 16.9 Å². The normalized spacial score (nSPS) is 20.6. The van der Waals surface area contributed by atoms with E-state index in [1.165, 1.54) is 0 Å². The second-order valence-corrected chi connectivity index (χ2v) is 6.81. The number of benzene rings is 2. The molecule has 1 fully saturated rings. The summed E-state index contributed by atoms with van der Waals surface area (Å²) in [6, 6.07) is 13.1. The predicted octanol–water partition coefficient (Wildman–Crippen LogP) is 4.20. The summed E-state index contributed by atoms with van der Waals surface area (Å²) >= 11 is 0. The van der Waals surface area contributed by atoms with E-state index in [9.17, 15) is 4.79 Å². The van der Waals surface area contributed by atoms with E-state index in [4.69, 9.17) is 4.74 Å². The summed E-state index contributed by atoms with van der Waals surface area (Å²) in [5.74, 6) is 0.540. The Bertz CT molecular complexity index is 789. The van der Waals surface area contributed by atoms with Crippen molar-refractivity contribution < 1.29 is 13.9 Å². The zero-order valence-electron chi connectivity index (χ0n) is 14.2. The zero-order valence-corrected chi connectivity index (χ0v) is 14.2. The number of fused-ring (bicyclic) bond motifs is 5. The molecule has 4 heteroatoms. The molecule has 2 bridgehead atoms. The SMILES string of the molecule is O=C1CCOc2ccccc2-c2cccc(c2F)C[C@H]2CCCCN12. The van der Waals surface area contributed by atoms with Crippen LogP contribution in [-0.4, -0.2) is 30.0 Å². The number of piperidine rings is 1. The van der Waals surface area contributed by atoms with Gasteiger partial charge in [0.1, 0.15) is 11.6 Å². The molecule has 0 saturated carbocycles. The van der Waals surface area contributed by atoms with Crippen molar-refractivity contribution in [2.75, 3.05) is 13.2 Å². The highest BCUT2D eigenvalue weighted by molar-refractivity contribution is 5.77. The minimum Gasteiger partial charge on any atom is -0.492 e. The van der Waals surface area contributed by atoms with Crippen molar-refractivity contribution in [1.29, 1.82) is 0 Å². The third-order valence-electron chi connectivity index (χ3n) is 5.23. The maximum Gasteiger partial charge on any atom is 0.226 e. The predicted molar refractivity (Wildman–Crippen MR) is 95.0 cm³/mol. The summed E-state index contributed by atoms with van der Waals surface area (Å²) in [6.45, 7) is 1.09. The number of carbonyl (C=O) groups is 1. The number of hydrogen-bond acceptors (Lipinski definition) is 2. The van der Waals surface area contributed by atoms with Crippen LogP contribution < -0.4 is 4.74 Å². The van der Waals surface area contributed by atoms with Crippen LogP contribution in [0, 0.1) is 5.82 Å². The zero-order chi connectivity index (χ0) is 17.2. The topological polar surface area (TPSA) is 29.5 Å². The number of rotatable bonds is 0. The van der Waals surface area contributed by atoms with Gasteiger partial charge in [-0.1, -0.05) is 36.4 Å². The van der Waals surface area contributed by atoms with Crippen LogP contribution in [0.2, 0.25) is 0 Å². The van der Waals surface area contributed by atoms with Crippen LogP contribution in [0.5, 0.6) is 5.75 Å². The van der Waals surface area contributed by atoms with E-state index in [0.717, 1.165) is 31.4 Å². The Hall–Kier alpha value is -2.36. The maximum atomic E-state index is 15.2. The molecule has 130 valence electrons. The summed E-state index contributed by atoms with van der Waals surface area (Å²) < 4.78 is 21.1. The molecule has 2 aromatic rings. The molecule has 3 nitrogen and oxygen atoms in total. The number of ether oxygens (including phenoxy) is 1. The highest BCUT2D eigenvalue weighted by Crippen LogP contribution is 2.34. The summed E-state index contributed by atoms with van der Waals surface area (Å²) in [5, 5.41) is 0. The summed E-state index contributed by atoms with van der Waals surface area (Å²) in [7, 11) is 0. The van der Waals surface area contributed by atoms with Gasteiger partial charge in [-0.15, -0.1) is 0 Å². The fourth-order valence-electron chi connectivity index (χ4n) is 3.95. The lowest BCUT2D eigenvalue weighted by Crippen LogP contribution is -2.45. The first-order valence-corrected chi connectivity index (χ1v) is 9.03. The average molecular weight is 339 g/mol. The van der Waals surface area contributed by atoms with E-state index >= 15 is 4.39 Å².